The third kappa shape index (κ3) is 3.02. The number of ketones is 1. The minimum absolute atomic E-state index is 0.0969. The Morgan fingerprint density at radius 1 is 1.37 bits per heavy atom. The number of carbonyl (C=O) groups excluding carboxylic acids is 1. The van der Waals surface area contributed by atoms with Crippen LogP contribution < -0.4 is 0 Å². The van der Waals surface area contributed by atoms with Gasteiger partial charge in [0.25, 0.3) is 0 Å². The van der Waals surface area contributed by atoms with E-state index < -0.39 is 5.92 Å². The number of benzene rings is 1. The van der Waals surface area contributed by atoms with Crippen LogP contribution in [0, 0.1) is 23.2 Å². The molecular formula is C16H20N2O. The molecule has 1 aliphatic rings. The average Bonchev–Trinajstić information content (AvgIpc) is 2.40. The number of Topliss-reactive ketones (excluding diaryl/α,β-unsaturated/α-hetero) is 1. The maximum atomic E-state index is 12.3. The molecule has 0 radical (unpaired) electrons. The second-order valence-corrected chi connectivity index (χ2v) is 5.52. The third-order valence-electron chi connectivity index (χ3n) is 3.75. The molecule has 0 saturated carbocycles. The molecule has 1 aromatic carbocycles. The van der Waals surface area contributed by atoms with E-state index in [9.17, 15) is 4.79 Å². The molecule has 2 atom stereocenters. The predicted molar refractivity (Wildman–Crippen MR) is 74.2 cm³/mol. The molecule has 0 aliphatic carbocycles. The first kappa shape index (κ1) is 13.8. The average molecular weight is 256 g/mol. The number of rotatable bonds is 3. The summed E-state index contributed by atoms with van der Waals surface area (Å²) in [6.45, 7) is 5.72. The van der Waals surface area contributed by atoms with E-state index in [0.717, 1.165) is 13.1 Å². The Morgan fingerprint density at radius 3 is 2.63 bits per heavy atom. The summed E-state index contributed by atoms with van der Waals surface area (Å²) in [6, 6.07) is 12.2. The molecule has 1 heterocycles. The topological polar surface area (TPSA) is 44.1 Å². The molecule has 0 amide bonds. The predicted octanol–water partition coefficient (Wildman–Crippen LogP) is 2.63. The van der Waals surface area contributed by atoms with E-state index in [1.807, 2.05) is 18.2 Å². The summed E-state index contributed by atoms with van der Waals surface area (Å²) >= 11 is 0. The standard InChI is InChI=1S/C16H20N2O/c1-12(2)15-16(19)14(10-17)8-9-18(15)11-13-6-4-3-5-7-13/h3-7,12,14-15H,8-9,11H2,1-2H3. The highest BCUT2D eigenvalue weighted by Gasteiger charge is 2.38. The van der Waals surface area contributed by atoms with Crippen molar-refractivity contribution in [1.29, 1.82) is 5.26 Å². The first-order valence-electron chi connectivity index (χ1n) is 6.84. The van der Waals surface area contributed by atoms with Crippen molar-refractivity contribution in [3.63, 3.8) is 0 Å². The van der Waals surface area contributed by atoms with Crippen LogP contribution in [0.25, 0.3) is 0 Å². The van der Waals surface area contributed by atoms with Crippen molar-refractivity contribution in [2.24, 2.45) is 11.8 Å². The molecule has 1 fully saturated rings. The SMILES string of the molecule is CC(C)C1C(=O)C(C#N)CCN1Cc1ccccc1. The number of nitrogens with zero attached hydrogens (tertiary/aromatic N) is 2. The summed E-state index contributed by atoms with van der Waals surface area (Å²) in [5.41, 5.74) is 1.22. The summed E-state index contributed by atoms with van der Waals surface area (Å²) in [4.78, 5) is 14.6. The van der Waals surface area contributed by atoms with Crippen molar-refractivity contribution < 1.29 is 4.79 Å². The Bertz CT molecular complexity index is 475. The van der Waals surface area contributed by atoms with Crippen LogP contribution in [0.5, 0.6) is 0 Å². The lowest BCUT2D eigenvalue weighted by molar-refractivity contribution is -0.132. The molecule has 1 aromatic rings. The van der Waals surface area contributed by atoms with Gasteiger partial charge in [0.2, 0.25) is 0 Å². The zero-order chi connectivity index (χ0) is 13.8. The van der Waals surface area contributed by atoms with Crippen LogP contribution in [0.3, 0.4) is 0 Å². The van der Waals surface area contributed by atoms with E-state index in [-0.39, 0.29) is 17.7 Å². The number of nitriles is 1. The Hall–Kier alpha value is -1.66. The largest absolute Gasteiger partial charge is 0.296 e. The number of carbonyl (C=O) groups is 1. The summed E-state index contributed by atoms with van der Waals surface area (Å²) in [5.74, 6) is -0.0773. The Morgan fingerprint density at radius 2 is 2.05 bits per heavy atom. The molecule has 3 heteroatoms. The zero-order valence-corrected chi connectivity index (χ0v) is 11.5. The van der Waals surface area contributed by atoms with Crippen molar-refractivity contribution in [3.05, 3.63) is 35.9 Å². The van der Waals surface area contributed by atoms with Gasteiger partial charge in [-0.05, 0) is 17.9 Å². The molecule has 19 heavy (non-hydrogen) atoms. The molecule has 1 saturated heterocycles. The van der Waals surface area contributed by atoms with Crippen molar-refractivity contribution >= 4 is 5.78 Å². The minimum Gasteiger partial charge on any atom is -0.296 e. The van der Waals surface area contributed by atoms with Gasteiger partial charge in [0, 0.05) is 13.1 Å². The molecule has 0 bridgehead atoms. The van der Waals surface area contributed by atoms with Crippen LogP contribution in [-0.4, -0.2) is 23.3 Å². The fraction of sp³-hybridized carbons (Fsp3) is 0.500. The molecule has 2 rings (SSSR count). The van der Waals surface area contributed by atoms with E-state index in [0.29, 0.717) is 6.42 Å². The smallest absolute Gasteiger partial charge is 0.167 e. The summed E-state index contributed by atoms with van der Waals surface area (Å²) in [5, 5.41) is 9.05. The highest BCUT2D eigenvalue weighted by atomic mass is 16.1. The second-order valence-electron chi connectivity index (χ2n) is 5.52. The summed E-state index contributed by atoms with van der Waals surface area (Å²) in [7, 11) is 0. The number of piperidine rings is 1. The maximum Gasteiger partial charge on any atom is 0.167 e. The van der Waals surface area contributed by atoms with Gasteiger partial charge in [-0.25, -0.2) is 0 Å². The minimum atomic E-state index is -0.417. The van der Waals surface area contributed by atoms with E-state index in [2.05, 4.69) is 36.9 Å². The van der Waals surface area contributed by atoms with Crippen molar-refractivity contribution in [1.82, 2.24) is 4.90 Å². The molecule has 3 nitrogen and oxygen atoms in total. The molecular weight excluding hydrogens is 236 g/mol. The second kappa shape index (κ2) is 5.99. The van der Waals surface area contributed by atoms with Crippen LogP contribution in [0.1, 0.15) is 25.8 Å². The van der Waals surface area contributed by atoms with Gasteiger partial charge in [-0.15, -0.1) is 0 Å². The van der Waals surface area contributed by atoms with Gasteiger partial charge in [-0.3, -0.25) is 9.69 Å². The Balaban J connectivity index is 2.16. The third-order valence-corrected chi connectivity index (χ3v) is 3.75. The summed E-state index contributed by atoms with van der Waals surface area (Å²) < 4.78 is 0. The molecule has 0 aromatic heterocycles. The van der Waals surface area contributed by atoms with Gasteiger partial charge in [0.05, 0.1) is 12.1 Å². The van der Waals surface area contributed by atoms with Crippen molar-refractivity contribution in [3.8, 4) is 6.07 Å². The first-order chi connectivity index (χ1) is 9.13. The van der Waals surface area contributed by atoms with E-state index in [1.54, 1.807) is 0 Å². The van der Waals surface area contributed by atoms with E-state index >= 15 is 0 Å². The normalized spacial score (nSPS) is 24.4. The van der Waals surface area contributed by atoms with Gasteiger partial charge in [0.15, 0.2) is 5.78 Å². The fourth-order valence-electron chi connectivity index (χ4n) is 2.84. The van der Waals surface area contributed by atoms with Crippen molar-refractivity contribution in [2.75, 3.05) is 6.54 Å². The van der Waals surface area contributed by atoms with Gasteiger partial charge >= 0.3 is 0 Å². The highest BCUT2D eigenvalue weighted by Crippen LogP contribution is 2.25. The first-order valence-corrected chi connectivity index (χ1v) is 6.84. The van der Waals surface area contributed by atoms with Crippen LogP contribution in [0.15, 0.2) is 30.3 Å². The van der Waals surface area contributed by atoms with Crippen LogP contribution in [-0.2, 0) is 11.3 Å². The van der Waals surface area contributed by atoms with Crippen LogP contribution >= 0.6 is 0 Å². The quantitative estimate of drug-likeness (QED) is 0.835. The molecule has 0 N–H and O–H groups in total. The lowest BCUT2D eigenvalue weighted by Crippen LogP contribution is -2.51. The lowest BCUT2D eigenvalue weighted by Gasteiger charge is -2.38. The molecule has 100 valence electrons. The zero-order valence-electron chi connectivity index (χ0n) is 11.5. The monoisotopic (exact) mass is 256 g/mol. The van der Waals surface area contributed by atoms with Gasteiger partial charge < -0.3 is 0 Å². The molecule has 0 spiro atoms. The molecule has 2 unspecified atom stereocenters. The fourth-order valence-corrected chi connectivity index (χ4v) is 2.84. The number of hydrogen-bond donors (Lipinski definition) is 0. The van der Waals surface area contributed by atoms with E-state index in [4.69, 9.17) is 5.26 Å². The number of hydrogen-bond acceptors (Lipinski definition) is 3. The van der Waals surface area contributed by atoms with E-state index in [1.165, 1.54) is 5.56 Å². The van der Waals surface area contributed by atoms with Crippen LogP contribution in [0.2, 0.25) is 0 Å². The van der Waals surface area contributed by atoms with Gasteiger partial charge in [0.1, 0.15) is 5.92 Å². The van der Waals surface area contributed by atoms with Gasteiger partial charge in [-0.2, -0.15) is 5.26 Å². The lowest BCUT2D eigenvalue weighted by atomic mass is 9.84. The Labute approximate surface area is 114 Å². The maximum absolute atomic E-state index is 12.3. The van der Waals surface area contributed by atoms with Crippen LogP contribution in [0.4, 0.5) is 0 Å². The molecule has 1 aliphatic heterocycles. The van der Waals surface area contributed by atoms with Gasteiger partial charge in [-0.1, -0.05) is 44.2 Å². The summed E-state index contributed by atoms with van der Waals surface area (Å²) in [6.07, 6.45) is 0.658. The van der Waals surface area contributed by atoms with Crippen molar-refractivity contribution in [2.45, 2.75) is 32.9 Å². The Kier molecular flexibility index (Phi) is 4.34. The number of likely N-dealkylation sites (tertiary alicyclic amines) is 1. The highest BCUT2D eigenvalue weighted by molar-refractivity contribution is 5.89.